The molecule has 2 aromatic heterocycles. The van der Waals surface area contributed by atoms with Crippen molar-refractivity contribution in [2.75, 3.05) is 24.5 Å². The number of hydrogen-bond donors (Lipinski definition) is 0. The molecular weight excluding hydrogens is 410 g/mol. The summed E-state index contributed by atoms with van der Waals surface area (Å²) in [5.74, 6) is 0. The maximum Gasteiger partial charge on any atom is 0.410 e. The largest absolute Gasteiger partial charge is 0.444 e. The highest BCUT2D eigenvalue weighted by atomic mass is 35.5. The predicted octanol–water partition coefficient (Wildman–Crippen LogP) is 5.66. The van der Waals surface area contributed by atoms with Gasteiger partial charge in [-0.25, -0.2) is 4.79 Å². The SMILES string of the molecule is CC1CN(C(=O)OC(C)(C)C)CCN1c1nc2cc(Cl)cc(-c3cccs3)c2o1. The van der Waals surface area contributed by atoms with Gasteiger partial charge in [-0.05, 0) is 51.3 Å². The fourth-order valence-corrected chi connectivity index (χ4v) is 4.41. The number of carbonyl (C=O) groups excluding carboxylic acids is 1. The Morgan fingerprint density at radius 1 is 1.34 bits per heavy atom. The molecule has 29 heavy (non-hydrogen) atoms. The van der Waals surface area contributed by atoms with E-state index in [1.165, 1.54) is 0 Å². The zero-order chi connectivity index (χ0) is 20.8. The first-order valence-corrected chi connectivity index (χ1v) is 10.9. The van der Waals surface area contributed by atoms with Gasteiger partial charge in [0.25, 0.3) is 6.01 Å². The first-order chi connectivity index (χ1) is 13.7. The van der Waals surface area contributed by atoms with E-state index in [1.807, 2.05) is 50.4 Å². The Labute approximate surface area is 179 Å². The molecule has 1 aliphatic heterocycles. The lowest BCUT2D eigenvalue weighted by molar-refractivity contribution is 0.0216. The molecule has 1 atom stereocenters. The molecule has 154 valence electrons. The zero-order valence-corrected chi connectivity index (χ0v) is 18.5. The smallest absolute Gasteiger partial charge is 0.410 e. The summed E-state index contributed by atoms with van der Waals surface area (Å²) in [4.78, 5) is 22.0. The van der Waals surface area contributed by atoms with E-state index in [9.17, 15) is 4.79 Å². The number of ether oxygens (including phenoxy) is 1. The molecule has 1 unspecified atom stereocenters. The highest BCUT2D eigenvalue weighted by Gasteiger charge is 2.32. The summed E-state index contributed by atoms with van der Waals surface area (Å²) in [7, 11) is 0. The van der Waals surface area contributed by atoms with E-state index in [0.29, 0.717) is 30.7 Å². The van der Waals surface area contributed by atoms with E-state index in [2.05, 4.69) is 11.8 Å². The second-order valence-corrected chi connectivity index (χ2v) is 9.63. The molecule has 0 N–H and O–H groups in total. The van der Waals surface area contributed by atoms with Gasteiger partial charge in [0.2, 0.25) is 0 Å². The van der Waals surface area contributed by atoms with Crippen LogP contribution in [-0.2, 0) is 4.74 Å². The van der Waals surface area contributed by atoms with Crippen molar-refractivity contribution in [3.05, 3.63) is 34.7 Å². The first-order valence-electron chi connectivity index (χ1n) is 9.60. The minimum Gasteiger partial charge on any atom is -0.444 e. The zero-order valence-electron chi connectivity index (χ0n) is 16.9. The number of halogens is 1. The molecule has 0 saturated carbocycles. The van der Waals surface area contributed by atoms with Crippen LogP contribution in [-0.4, -0.2) is 47.3 Å². The van der Waals surface area contributed by atoms with E-state index in [0.717, 1.165) is 21.5 Å². The molecule has 1 aliphatic rings. The number of aromatic nitrogens is 1. The number of anilines is 1. The van der Waals surface area contributed by atoms with Gasteiger partial charge in [-0.2, -0.15) is 4.98 Å². The van der Waals surface area contributed by atoms with E-state index in [1.54, 1.807) is 16.2 Å². The van der Waals surface area contributed by atoms with Crippen LogP contribution in [0, 0.1) is 0 Å². The number of amides is 1. The van der Waals surface area contributed by atoms with Crippen LogP contribution >= 0.6 is 22.9 Å². The van der Waals surface area contributed by atoms with Crippen molar-refractivity contribution in [1.29, 1.82) is 0 Å². The Kier molecular flexibility index (Phi) is 5.21. The summed E-state index contributed by atoms with van der Waals surface area (Å²) >= 11 is 7.96. The molecule has 4 rings (SSSR count). The summed E-state index contributed by atoms with van der Waals surface area (Å²) in [5, 5.41) is 2.65. The molecule has 1 aromatic carbocycles. The van der Waals surface area contributed by atoms with Gasteiger partial charge in [0.05, 0.1) is 0 Å². The third-order valence-corrected chi connectivity index (χ3v) is 5.88. The molecular formula is C21H24ClN3O3S. The number of hydrogen-bond acceptors (Lipinski definition) is 6. The maximum absolute atomic E-state index is 12.4. The van der Waals surface area contributed by atoms with Crippen molar-refractivity contribution < 1.29 is 13.9 Å². The third-order valence-electron chi connectivity index (χ3n) is 4.76. The molecule has 8 heteroatoms. The molecule has 6 nitrogen and oxygen atoms in total. The first kappa shape index (κ1) is 20.0. The molecule has 0 bridgehead atoms. The second kappa shape index (κ2) is 7.54. The molecule has 0 radical (unpaired) electrons. The Bertz CT molecular complexity index is 1030. The highest BCUT2D eigenvalue weighted by Crippen LogP contribution is 2.37. The van der Waals surface area contributed by atoms with Crippen LogP contribution < -0.4 is 4.90 Å². The Hall–Kier alpha value is -2.25. The minimum atomic E-state index is -0.505. The van der Waals surface area contributed by atoms with E-state index < -0.39 is 5.60 Å². The van der Waals surface area contributed by atoms with Crippen LogP contribution in [0.15, 0.2) is 34.1 Å². The van der Waals surface area contributed by atoms with E-state index in [-0.39, 0.29) is 12.1 Å². The summed E-state index contributed by atoms with van der Waals surface area (Å²) in [5.41, 5.74) is 1.91. The molecule has 3 aromatic rings. The topological polar surface area (TPSA) is 58.8 Å². The monoisotopic (exact) mass is 433 g/mol. The van der Waals surface area contributed by atoms with E-state index >= 15 is 0 Å². The molecule has 1 fully saturated rings. The summed E-state index contributed by atoms with van der Waals surface area (Å²) in [6, 6.07) is 8.38. The summed E-state index contributed by atoms with van der Waals surface area (Å²) in [6.07, 6.45) is -0.284. The average molecular weight is 434 g/mol. The lowest BCUT2D eigenvalue weighted by Gasteiger charge is -2.39. The average Bonchev–Trinajstić information content (AvgIpc) is 3.29. The molecule has 0 aliphatic carbocycles. The Balaban J connectivity index is 1.58. The van der Waals surface area contributed by atoms with Crippen molar-refractivity contribution in [2.24, 2.45) is 0 Å². The maximum atomic E-state index is 12.4. The number of oxazole rings is 1. The number of nitrogens with zero attached hydrogens (tertiary/aromatic N) is 3. The van der Waals surface area contributed by atoms with Gasteiger partial charge in [-0.15, -0.1) is 11.3 Å². The Morgan fingerprint density at radius 3 is 2.79 bits per heavy atom. The van der Waals surface area contributed by atoms with Crippen LogP contribution in [0.2, 0.25) is 5.02 Å². The van der Waals surface area contributed by atoms with Gasteiger partial charge in [-0.1, -0.05) is 17.7 Å². The summed E-state index contributed by atoms with van der Waals surface area (Å²) in [6.45, 7) is 9.40. The lowest BCUT2D eigenvalue weighted by Crippen LogP contribution is -2.54. The second-order valence-electron chi connectivity index (χ2n) is 8.24. The number of fused-ring (bicyclic) bond motifs is 1. The fourth-order valence-electron chi connectivity index (χ4n) is 3.46. The quantitative estimate of drug-likeness (QED) is 0.522. The van der Waals surface area contributed by atoms with Gasteiger partial charge in [0.1, 0.15) is 11.1 Å². The summed E-state index contributed by atoms with van der Waals surface area (Å²) < 4.78 is 11.7. The molecule has 0 spiro atoms. The standard InChI is InChI=1S/C21H24ClN3O3S/c1-13-12-24(20(26)28-21(2,3)4)7-8-25(13)19-23-16-11-14(22)10-15(18(16)27-19)17-6-5-9-29-17/h5-6,9-11,13H,7-8,12H2,1-4H3. The third kappa shape index (κ3) is 4.21. The van der Waals surface area contributed by atoms with Crippen molar-refractivity contribution >= 4 is 46.1 Å². The predicted molar refractivity (Wildman–Crippen MR) is 117 cm³/mol. The molecule has 1 saturated heterocycles. The lowest BCUT2D eigenvalue weighted by atomic mass is 10.1. The van der Waals surface area contributed by atoms with Gasteiger partial charge >= 0.3 is 6.09 Å². The van der Waals surface area contributed by atoms with Gasteiger partial charge in [-0.3, -0.25) is 0 Å². The normalized spacial score (nSPS) is 17.8. The van der Waals surface area contributed by atoms with Gasteiger partial charge in [0.15, 0.2) is 5.58 Å². The molecule has 3 heterocycles. The number of carbonyl (C=O) groups is 1. The van der Waals surface area contributed by atoms with Crippen molar-refractivity contribution in [3.63, 3.8) is 0 Å². The Morgan fingerprint density at radius 2 is 2.14 bits per heavy atom. The molecule has 1 amide bonds. The van der Waals surface area contributed by atoms with Gasteiger partial charge in [0, 0.05) is 41.1 Å². The van der Waals surface area contributed by atoms with Crippen LogP contribution in [0.4, 0.5) is 10.8 Å². The van der Waals surface area contributed by atoms with Crippen LogP contribution in [0.1, 0.15) is 27.7 Å². The van der Waals surface area contributed by atoms with Crippen molar-refractivity contribution in [2.45, 2.75) is 39.3 Å². The van der Waals surface area contributed by atoms with Crippen molar-refractivity contribution in [3.8, 4) is 10.4 Å². The number of rotatable bonds is 2. The van der Waals surface area contributed by atoms with Crippen LogP contribution in [0.3, 0.4) is 0 Å². The van der Waals surface area contributed by atoms with Gasteiger partial charge < -0.3 is 19.0 Å². The van der Waals surface area contributed by atoms with Crippen molar-refractivity contribution in [1.82, 2.24) is 9.88 Å². The highest BCUT2D eigenvalue weighted by molar-refractivity contribution is 7.13. The van der Waals surface area contributed by atoms with Crippen LogP contribution in [0.25, 0.3) is 21.5 Å². The van der Waals surface area contributed by atoms with E-state index in [4.69, 9.17) is 25.7 Å². The van der Waals surface area contributed by atoms with Crippen LogP contribution in [0.5, 0.6) is 0 Å². The fraction of sp³-hybridized carbons (Fsp3) is 0.429. The number of thiophene rings is 1. The number of benzene rings is 1. The minimum absolute atomic E-state index is 0.0463. The number of piperazine rings is 1.